The highest BCUT2D eigenvalue weighted by atomic mass is 16.4. The van der Waals surface area contributed by atoms with E-state index in [-0.39, 0.29) is 18.6 Å². The number of rotatable bonds is 7. The van der Waals surface area contributed by atoms with Crippen molar-refractivity contribution in [1.82, 2.24) is 15.1 Å². The fourth-order valence-corrected chi connectivity index (χ4v) is 1.10. The summed E-state index contributed by atoms with van der Waals surface area (Å²) in [6.45, 7) is 7.79. The fourth-order valence-electron chi connectivity index (χ4n) is 1.10. The Morgan fingerprint density at radius 2 is 1.94 bits per heavy atom. The first-order chi connectivity index (χ1) is 8.20. The van der Waals surface area contributed by atoms with Gasteiger partial charge in [-0.05, 0) is 27.9 Å². The van der Waals surface area contributed by atoms with Crippen LogP contribution in [0.15, 0.2) is 12.7 Å². The number of likely N-dealkylation sites (N-methyl/N-ethyl adjacent to an activating group) is 1. The van der Waals surface area contributed by atoms with E-state index in [1.54, 1.807) is 0 Å². The van der Waals surface area contributed by atoms with E-state index in [9.17, 15) is 9.59 Å². The number of hydrogen-bond acceptors (Lipinski definition) is 3. The van der Waals surface area contributed by atoms with Crippen molar-refractivity contribution in [3.05, 3.63) is 12.7 Å². The second-order valence-electron chi connectivity index (χ2n) is 4.93. The van der Waals surface area contributed by atoms with Gasteiger partial charge in [0.2, 0.25) is 0 Å². The Labute approximate surface area is 108 Å². The molecule has 104 valence electrons. The highest BCUT2D eigenvalue weighted by molar-refractivity contribution is 5.80. The van der Waals surface area contributed by atoms with Crippen LogP contribution in [0.2, 0.25) is 0 Å². The number of carboxylic acid groups (broad SMARTS) is 1. The number of amides is 2. The van der Waals surface area contributed by atoms with Crippen LogP contribution in [0.5, 0.6) is 0 Å². The van der Waals surface area contributed by atoms with Gasteiger partial charge >= 0.3 is 12.0 Å². The molecule has 2 amide bonds. The minimum absolute atomic E-state index is 0.196. The zero-order chi connectivity index (χ0) is 14.3. The zero-order valence-corrected chi connectivity index (χ0v) is 11.6. The summed E-state index contributed by atoms with van der Waals surface area (Å²) in [5.41, 5.74) is -0.196. The molecule has 0 rings (SSSR count). The molecule has 0 spiro atoms. The molecule has 6 nitrogen and oxygen atoms in total. The van der Waals surface area contributed by atoms with Gasteiger partial charge < -0.3 is 20.2 Å². The van der Waals surface area contributed by atoms with Crippen molar-refractivity contribution in [2.75, 3.05) is 33.7 Å². The molecule has 0 aromatic carbocycles. The van der Waals surface area contributed by atoms with Crippen LogP contribution in [0, 0.1) is 0 Å². The molecule has 0 aromatic heterocycles. The van der Waals surface area contributed by atoms with Crippen molar-refractivity contribution in [3.63, 3.8) is 0 Å². The Hall–Kier alpha value is -1.56. The van der Waals surface area contributed by atoms with Crippen molar-refractivity contribution < 1.29 is 14.7 Å². The van der Waals surface area contributed by atoms with Gasteiger partial charge in [0, 0.05) is 18.6 Å². The topological polar surface area (TPSA) is 72.9 Å². The molecule has 0 atom stereocenters. The minimum Gasteiger partial charge on any atom is -0.480 e. The number of carbonyl (C=O) groups is 2. The molecular formula is C12H23N3O3. The summed E-state index contributed by atoms with van der Waals surface area (Å²) in [5, 5.41) is 11.4. The number of aliphatic carboxylic acids is 1. The molecule has 0 aliphatic rings. The van der Waals surface area contributed by atoms with Gasteiger partial charge in [0.05, 0.1) is 0 Å². The van der Waals surface area contributed by atoms with E-state index in [4.69, 9.17) is 5.11 Å². The molecule has 2 N–H and O–H groups in total. The van der Waals surface area contributed by atoms with E-state index in [1.165, 1.54) is 11.0 Å². The van der Waals surface area contributed by atoms with E-state index in [2.05, 4.69) is 11.9 Å². The first-order valence-electron chi connectivity index (χ1n) is 5.73. The van der Waals surface area contributed by atoms with Gasteiger partial charge in [-0.15, -0.1) is 6.58 Å². The van der Waals surface area contributed by atoms with Gasteiger partial charge in [-0.25, -0.2) is 4.79 Å². The molecule has 0 aromatic rings. The maximum absolute atomic E-state index is 11.8. The van der Waals surface area contributed by atoms with Crippen LogP contribution >= 0.6 is 0 Å². The predicted octanol–water partition coefficient (Wildman–Crippen LogP) is 0.609. The van der Waals surface area contributed by atoms with Crippen LogP contribution in [-0.4, -0.2) is 66.2 Å². The molecule has 0 saturated heterocycles. The van der Waals surface area contributed by atoms with Crippen molar-refractivity contribution in [2.45, 2.75) is 19.4 Å². The molecule has 0 unspecified atom stereocenters. The van der Waals surface area contributed by atoms with Crippen LogP contribution in [0.1, 0.15) is 13.8 Å². The first kappa shape index (κ1) is 16.4. The summed E-state index contributed by atoms with van der Waals surface area (Å²) in [7, 11) is 3.84. The van der Waals surface area contributed by atoms with E-state index in [1.807, 2.05) is 32.8 Å². The van der Waals surface area contributed by atoms with Gasteiger partial charge in [0.1, 0.15) is 6.54 Å². The van der Waals surface area contributed by atoms with Gasteiger partial charge in [-0.2, -0.15) is 0 Å². The average molecular weight is 257 g/mol. The summed E-state index contributed by atoms with van der Waals surface area (Å²) >= 11 is 0. The molecule has 0 aliphatic carbocycles. The maximum atomic E-state index is 11.8. The Morgan fingerprint density at radius 1 is 1.39 bits per heavy atom. The zero-order valence-electron chi connectivity index (χ0n) is 11.6. The molecule has 0 radical (unpaired) electrons. The highest BCUT2D eigenvalue weighted by Gasteiger charge is 2.23. The normalized spacial score (nSPS) is 11.2. The molecule has 0 saturated carbocycles. The third kappa shape index (κ3) is 5.67. The SMILES string of the molecule is C=CCN(CC(=O)O)C(=O)NCC(C)(C)N(C)C. The average Bonchev–Trinajstić information content (AvgIpc) is 2.24. The van der Waals surface area contributed by atoms with Crippen LogP contribution in [0.3, 0.4) is 0 Å². The summed E-state index contributed by atoms with van der Waals surface area (Å²) in [6, 6.07) is -0.396. The largest absolute Gasteiger partial charge is 0.480 e. The lowest BCUT2D eigenvalue weighted by molar-refractivity contribution is -0.137. The number of urea groups is 1. The quantitative estimate of drug-likeness (QED) is 0.655. The molecule has 0 fully saturated rings. The van der Waals surface area contributed by atoms with Crippen LogP contribution in [-0.2, 0) is 4.79 Å². The summed E-state index contributed by atoms with van der Waals surface area (Å²) < 4.78 is 0. The van der Waals surface area contributed by atoms with Crippen LogP contribution < -0.4 is 5.32 Å². The van der Waals surface area contributed by atoms with Gasteiger partial charge in [0.25, 0.3) is 0 Å². The molecule has 6 heteroatoms. The Bertz CT molecular complexity index is 314. The summed E-state index contributed by atoms with van der Waals surface area (Å²) in [6.07, 6.45) is 1.50. The molecule has 0 aliphatic heterocycles. The van der Waals surface area contributed by atoms with Crippen molar-refractivity contribution in [2.24, 2.45) is 0 Å². The number of hydrogen-bond donors (Lipinski definition) is 2. The number of carboxylic acids is 1. The van der Waals surface area contributed by atoms with E-state index in [0.29, 0.717) is 6.54 Å². The standard InChI is InChI=1S/C12H23N3O3/c1-6-7-15(8-10(16)17)11(18)13-9-12(2,3)14(4)5/h6H,1,7-9H2,2-5H3,(H,13,18)(H,16,17). The fraction of sp³-hybridized carbons (Fsp3) is 0.667. The number of carbonyl (C=O) groups excluding carboxylic acids is 1. The minimum atomic E-state index is -1.04. The number of nitrogens with zero attached hydrogens (tertiary/aromatic N) is 2. The second-order valence-corrected chi connectivity index (χ2v) is 4.93. The summed E-state index contributed by atoms with van der Waals surface area (Å²) in [5.74, 6) is -1.04. The lowest BCUT2D eigenvalue weighted by atomic mass is 10.0. The molecule has 0 heterocycles. The first-order valence-corrected chi connectivity index (χ1v) is 5.73. The molecule has 18 heavy (non-hydrogen) atoms. The predicted molar refractivity (Wildman–Crippen MR) is 70.6 cm³/mol. The van der Waals surface area contributed by atoms with Crippen LogP contribution in [0.4, 0.5) is 4.79 Å². The lowest BCUT2D eigenvalue weighted by Crippen LogP contribution is -2.51. The second kappa shape index (κ2) is 7.00. The lowest BCUT2D eigenvalue weighted by Gasteiger charge is -2.33. The summed E-state index contributed by atoms with van der Waals surface area (Å²) in [4.78, 5) is 25.6. The van der Waals surface area contributed by atoms with Crippen molar-refractivity contribution >= 4 is 12.0 Å². The smallest absolute Gasteiger partial charge is 0.323 e. The van der Waals surface area contributed by atoms with Crippen LogP contribution in [0.25, 0.3) is 0 Å². The van der Waals surface area contributed by atoms with E-state index >= 15 is 0 Å². The number of nitrogens with one attached hydrogen (secondary N) is 1. The molecule has 0 bridgehead atoms. The van der Waals surface area contributed by atoms with Gasteiger partial charge in [-0.3, -0.25) is 4.79 Å². The monoisotopic (exact) mass is 257 g/mol. The van der Waals surface area contributed by atoms with Gasteiger partial charge in [-0.1, -0.05) is 6.08 Å². The van der Waals surface area contributed by atoms with Gasteiger partial charge in [0.15, 0.2) is 0 Å². The third-order valence-electron chi connectivity index (χ3n) is 2.85. The Balaban J connectivity index is 4.43. The Morgan fingerprint density at radius 3 is 2.33 bits per heavy atom. The van der Waals surface area contributed by atoms with Crippen molar-refractivity contribution in [1.29, 1.82) is 0 Å². The molecular weight excluding hydrogens is 234 g/mol. The maximum Gasteiger partial charge on any atom is 0.323 e. The third-order valence-corrected chi connectivity index (χ3v) is 2.85. The Kier molecular flexibility index (Phi) is 6.40. The highest BCUT2D eigenvalue weighted by Crippen LogP contribution is 2.07. The van der Waals surface area contributed by atoms with E-state index in [0.717, 1.165) is 0 Å². The van der Waals surface area contributed by atoms with Crippen molar-refractivity contribution in [3.8, 4) is 0 Å². The van der Waals surface area contributed by atoms with E-state index < -0.39 is 12.0 Å².